The van der Waals surface area contributed by atoms with E-state index >= 15 is 0 Å². The Labute approximate surface area is 136 Å². The topological polar surface area (TPSA) is 25.4 Å². The monoisotopic (exact) mass is 304 g/mol. The van der Waals surface area contributed by atoms with Gasteiger partial charge in [-0.1, -0.05) is 36.4 Å². The molecule has 0 aliphatic carbocycles. The molecule has 2 heterocycles. The second kappa shape index (κ2) is 6.01. The standard InChI is InChI=1S/C20H20N2O/c1-15-12-22(14-17-6-2-3-10-20(17)23-15)13-16-7-4-9-19-18(16)8-5-11-21-19/h2-11,15H,12-14H2,1H3. The van der Waals surface area contributed by atoms with Crippen LogP contribution in [-0.2, 0) is 13.1 Å². The summed E-state index contributed by atoms with van der Waals surface area (Å²) in [7, 11) is 0. The lowest BCUT2D eigenvalue weighted by Crippen LogP contribution is -2.30. The summed E-state index contributed by atoms with van der Waals surface area (Å²) in [5, 5.41) is 1.24. The van der Waals surface area contributed by atoms with E-state index in [4.69, 9.17) is 4.74 Å². The van der Waals surface area contributed by atoms with Crippen molar-refractivity contribution in [3.8, 4) is 5.75 Å². The van der Waals surface area contributed by atoms with Crippen LogP contribution < -0.4 is 4.74 Å². The maximum absolute atomic E-state index is 6.06. The summed E-state index contributed by atoms with van der Waals surface area (Å²) in [6.45, 7) is 4.88. The molecule has 0 saturated heterocycles. The van der Waals surface area contributed by atoms with Crippen molar-refractivity contribution in [2.24, 2.45) is 0 Å². The first-order chi connectivity index (χ1) is 11.3. The minimum absolute atomic E-state index is 0.187. The van der Waals surface area contributed by atoms with Gasteiger partial charge in [-0.25, -0.2) is 0 Å². The molecule has 0 amide bonds. The zero-order valence-electron chi connectivity index (χ0n) is 13.3. The van der Waals surface area contributed by atoms with Gasteiger partial charge >= 0.3 is 0 Å². The molecule has 1 aromatic heterocycles. The van der Waals surface area contributed by atoms with Gasteiger partial charge in [-0.3, -0.25) is 9.88 Å². The largest absolute Gasteiger partial charge is 0.489 e. The fraction of sp³-hybridized carbons (Fsp3) is 0.250. The van der Waals surface area contributed by atoms with E-state index in [2.05, 4.69) is 59.3 Å². The maximum atomic E-state index is 6.06. The Kier molecular flexibility index (Phi) is 3.72. The third-order valence-corrected chi connectivity index (χ3v) is 4.34. The van der Waals surface area contributed by atoms with Crippen molar-refractivity contribution in [3.63, 3.8) is 0 Å². The van der Waals surface area contributed by atoms with E-state index in [0.29, 0.717) is 0 Å². The van der Waals surface area contributed by atoms with Crippen molar-refractivity contribution >= 4 is 10.9 Å². The van der Waals surface area contributed by atoms with Crippen molar-refractivity contribution in [2.75, 3.05) is 6.54 Å². The summed E-state index contributed by atoms with van der Waals surface area (Å²) in [5.74, 6) is 1.02. The number of para-hydroxylation sites is 1. The summed E-state index contributed by atoms with van der Waals surface area (Å²) in [6, 6.07) is 18.9. The second-order valence-electron chi connectivity index (χ2n) is 6.19. The van der Waals surface area contributed by atoms with Crippen molar-refractivity contribution in [1.82, 2.24) is 9.88 Å². The molecule has 1 atom stereocenters. The molecule has 0 spiro atoms. The number of fused-ring (bicyclic) bond motifs is 2. The molecular weight excluding hydrogens is 284 g/mol. The van der Waals surface area contributed by atoms with Gasteiger partial charge in [-0.2, -0.15) is 0 Å². The molecule has 3 heteroatoms. The van der Waals surface area contributed by atoms with E-state index in [-0.39, 0.29) is 6.10 Å². The molecule has 23 heavy (non-hydrogen) atoms. The molecule has 2 aromatic carbocycles. The Hall–Kier alpha value is -2.39. The maximum Gasteiger partial charge on any atom is 0.124 e. The Morgan fingerprint density at radius 2 is 2.00 bits per heavy atom. The lowest BCUT2D eigenvalue weighted by atomic mass is 10.1. The lowest BCUT2D eigenvalue weighted by molar-refractivity contribution is 0.157. The van der Waals surface area contributed by atoms with Crippen molar-refractivity contribution in [2.45, 2.75) is 26.1 Å². The first-order valence-electron chi connectivity index (χ1n) is 8.09. The highest BCUT2D eigenvalue weighted by atomic mass is 16.5. The molecule has 0 fully saturated rings. The van der Waals surface area contributed by atoms with Gasteiger partial charge in [0.2, 0.25) is 0 Å². The highest BCUT2D eigenvalue weighted by molar-refractivity contribution is 5.81. The Bertz CT molecular complexity index is 825. The number of ether oxygens (including phenoxy) is 1. The van der Waals surface area contributed by atoms with Crippen LogP contribution in [0.1, 0.15) is 18.1 Å². The molecule has 0 bridgehead atoms. The molecule has 4 rings (SSSR count). The highest BCUT2D eigenvalue weighted by Crippen LogP contribution is 2.26. The molecule has 116 valence electrons. The average Bonchev–Trinajstić information content (AvgIpc) is 2.72. The number of rotatable bonds is 2. The van der Waals surface area contributed by atoms with Gasteiger partial charge in [-0.05, 0) is 30.7 Å². The Morgan fingerprint density at radius 3 is 2.96 bits per heavy atom. The smallest absolute Gasteiger partial charge is 0.124 e. The van der Waals surface area contributed by atoms with E-state index in [1.807, 2.05) is 18.3 Å². The number of aromatic nitrogens is 1. The van der Waals surface area contributed by atoms with Gasteiger partial charge in [0.25, 0.3) is 0 Å². The van der Waals surface area contributed by atoms with Crippen LogP contribution in [0.5, 0.6) is 5.75 Å². The van der Waals surface area contributed by atoms with Crippen LogP contribution in [0.3, 0.4) is 0 Å². The molecule has 0 saturated carbocycles. The van der Waals surface area contributed by atoms with Crippen LogP contribution in [0.2, 0.25) is 0 Å². The zero-order chi connectivity index (χ0) is 15.6. The lowest BCUT2D eigenvalue weighted by Gasteiger charge is -2.22. The number of hydrogen-bond donors (Lipinski definition) is 0. The zero-order valence-corrected chi connectivity index (χ0v) is 13.3. The molecular formula is C20H20N2O. The van der Waals surface area contributed by atoms with Crippen LogP contribution in [-0.4, -0.2) is 22.5 Å². The van der Waals surface area contributed by atoms with E-state index in [1.54, 1.807) is 0 Å². The highest BCUT2D eigenvalue weighted by Gasteiger charge is 2.20. The van der Waals surface area contributed by atoms with Crippen molar-refractivity contribution < 1.29 is 4.74 Å². The first-order valence-corrected chi connectivity index (χ1v) is 8.09. The minimum atomic E-state index is 0.187. The third kappa shape index (κ3) is 2.92. The Balaban J connectivity index is 1.65. The fourth-order valence-electron chi connectivity index (χ4n) is 3.34. The van der Waals surface area contributed by atoms with Gasteiger partial charge in [0.15, 0.2) is 0 Å². The molecule has 0 N–H and O–H groups in total. The first kappa shape index (κ1) is 14.2. The van der Waals surface area contributed by atoms with Crippen LogP contribution in [0.4, 0.5) is 0 Å². The summed E-state index contributed by atoms with van der Waals surface area (Å²) < 4.78 is 6.06. The summed E-state index contributed by atoms with van der Waals surface area (Å²) in [5.41, 5.74) is 3.64. The normalized spacial score (nSPS) is 18.2. The summed E-state index contributed by atoms with van der Waals surface area (Å²) in [6.07, 6.45) is 2.04. The number of nitrogens with zero attached hydrogens (tertiary/aromatic N) is 2. The average molecular weight is 304 g/mol. The van der Waals surface area contributed by atoms with Crippen LogP contribution >= 0.6 is 0 Å². The molecule has 3 nitrogen and oxygen atoms in total. The summed E-state index contributed by atoms with van der Waals surface area (Å²) in [4.78, 5) is 6.92. The van der Waals surface area contributed by atoms with Gasteiger partial charge < -0.3 is 4.74 Å². The predicted molar refractivity (Wildman–Crippen MR) is 92.4 cm³/mol. The SMILES string of the molecule is CC1CN(Cc2cccc3ncccc23)Cc2ccccc2O1. The Morgan fingerprint density at radius 1 is 1.09 bits per heavy atom. The minimum Gasteiger partial charge on any atom is -0.489 e. The third-order valence-electron chi connectivity index (χ3n) is 4.34. The number of pyridine rings is 1. The quantitative estimate of drug-likeness (QED) is 0.715. The van der Waals surface area contributed by atoms with Gasteiger partial charge in [0.1, 0.15) is 11.9 Å². The van der Waals surface area contributed by atoms with Gasteiger partial charge in [0.05, 0.1) is 5.52 Å². The molecule has 0 radical (unpaired) electrons. The van der Waals surface area contributed by atoms with Crippen LogP contribution in [0.15, 0.2) is 60.8 Å². The molecule has 1 aliphatic rings. The number of hydrogen-bond acceptors (Lipinski definition) is 3. The second-order valence-corrected chi connectivity index (χ2v) is 6.19. The predicted octanol–water partition coefficient (Wildman–Crippen LogP) is 4.02. The van der Waals surface area contributed by atoms with Crippen LogP contribution in [0, 0.1) is 0 Å². The summed E-state index contributed by atoms with van der Waals surface area (Å²) >= 11 is 0. The van der Waals surface area contributed by atoms with Crippen molar-refractivity contribution in [3.05, 3.63) is 71.9 Å². The molecule has 3 aromatic rings. The van der Waals surface area contributed by atoms with Gasteiger partial charge in [0, 0.05) is 36.8 Å². The molecule has 1 aliphatic heterocycles. The molecule has 1 unspecified atom stereocenters. The van der Waals surface area contributed by atoms with E-state index in [9.17, 15) is 0 Å². The van der Waals surface area contributed by atoms with Gasteiger partial charge in [-0.15, -0.1) is 0 Å². The fourth-order valence-corrected chi connectivity index (χ4v) is 3.34. The number of benzene rings is 2. The van der Waals surface area contributed by atoms with Crippen LogP contribution in [0.25, 0.3) is 10.9 Å². The van der Waals surface area contributed by atoms with E-state index < -0.39 is 0 Å². The van der Waals surface area contributed by atoms with E-state index in [1.165, 1.54) is 16.5 Å². The van der Waals surface area contributed by atoms with E-state index in [0.717, 1.165) is 30.9 Å². The van der Waals surface area contributed by atoms with Crippen molar-refractivity contribution in [1.29, 1.82) is 0 Å².